The van der Waals surface area contributed by atoms with Crippen LogP contribution in [0.4, 0.5) is 0 Å². The maximum absolute atomic E-state index is 5.44. The molecule has 0 aliphatic carbocycles. The number of ether oxygens (including phenoxy) is 1. The monoisotopic (exact) mass is 381 g/mol. The first kappa shape index (κ1) is 19.3. The molecule has 0 saturated carbocycles. The normalized spacial score (nSPS) is 20.2. The van der Waals surface area contributed by atoms with E-state index in [1.165, 1.54) is 5.56 Å². The van der Waals surface area contributed by atoms with Gasteiger partial charge in [-0.05, 0) is 31.5 Å². The predicted molar refractivity (Wildman–Crippen MR) is 111 cm³/mol. The highest BCUT2D eigenvalue weighted by molar-refractivity contribution is 5.48. The van der Waals surface area contributed by atoms with Gasteiger partial charge in [0, 0.05) is 32.6 Å². The summed E-state index contributed by atoms with van der Waals surface area (Å²) < 4.78 is 7.66. The summed E-state index contributed by atoms with van der Waals surface area (Å²) in [5.41, 5.74) is 1.27. The average molecular weight is 382 g/mol. The fraction of sp³-hybridized carbons (Fsp3) is 0.545. The van der Waals surface area contributed by atoms with E-state index < -0.39 is 0 Å². The molecule has 6 nitrogen and oxygen atoms in total. The standard InChI is InChI=1S/C22H31N5O/c1-25-21(18-27-14-16-28-17-15-27)23-24-22(25)20-9-12-26(13-10-20)11-5-8-19-6-3-2-4-7-19/h2-8,20H,9-18H2,1H3/b8-5+. The maximum Gasteiger partial charge on any atom is 0.146 e. The molecular formula is C22H31N5O. The SMILES string of the molecule is Cn1c(CN2CCOCC2)nnc1C1CCN(C/C=C/c2ccccc2)CC1. The molecule has 2 aliphatic heterocycles. The maximum atomic E-state index is 5.44. The Labute approximate surface area is 167 Å². The lowest BCUT2D eigenvalue weighted by atomic mass is 9.96. The van der Waals surface area contributed by atoms with E-state index in [1.54, 1.807) is 0 Å². The van der Waals surface area contributed by atoms with Gasteiger partial charge in [-0.1, -0.05) is 42.5 Å². The summed E-state index contributed by atoms with van der Waals surface area (Å²) in [6.45, 7) is 7.74. The molecule has 0 amide bonds. The van der Waals surface area contributed by atoms with Crippen LogP contribution in [0, 0.1) is 0 Å². The minimum atomic E-state index is 0.519. The van der Waals surface area contributed by atoms with Crippen LogP contribution in [0.3, 0.4) is 0 Å². The first-order valence-electron chi connectivity index (χ1n) is 10.4. The Morgan fingerprint density at radius 3 is 2.50 bits per heavy atom. The van der Waals surface area contributed by atoms with Crippen LogP contribution in [0.2, 0.25) is 0 Å². The lowest BCUT2D eigenvalue weighted by molar-refractivity contribution is 0.0326. The molecule has 0 bridgehead atoms. The first-order valence-corrected chi connectivity index (χ1v) is 10.4. The van der Waals surface area contributed by atoms with Crippen LogP contribution in [-0.2, 0) is 18.3 Å². The zero-order valence-electron chi connectivity index (χ0n) is 16.8. The van der Waals surface area contributed by atoms with Crippen molar-refractivity contribution in [2.75, 3.05) is 45.9 Å². The third kappa shape index (κ3) is 4.87. The number of nitrogens with zero attached hydrogens (tertiary/aromatic N) is 5. The van der Waals surface area contributed by atoms with Crippen molar-refractivity contribution in [2.24, 2.45) is 7.05 Å². The lowest BCUT2D eigenvalue weighted by Gasteiger charge is -2.30. The van der Waals surface area contributed by atoms with E-state index in [2.05, 4.69) is 74.1 Å². The molecule has 6 heteroatoms. The molecule has 1 aromatic heterocycles. The number of likely N-dealkylation sites (tertiary alicyclic amines) is 1. The van der Waals surface area contributed by atoms with E-state index in [9.17, 15) is 0 Å². The molecule has 0 spiro atoms. The van der Waals surface area contributed by atoms with Gasteiger partial charge in [0.15, 0.2) is 0 Å². The zero-order chi connectivity index (χ0) is 19.2. The van der Waals surface area contributed by atoms with Gasteiger partial charge < -0.3 is 9.30 Å². The van der Waals surface area contributed by atoms with E-state index in [0.29, 0.717) is 5.92 Å². The van der Waals surface area contributed by atoms with Crippen molar-refractivity contribution >= 4 is 6.08 Å². The number of rotatable bonds is 6. The Bertz CT molecular complexity index is 758. The average Bonchev–Trinajstić information content (AvgIpc) is 3.10. The summed E-state index contributed by atoms with van der Waals surface area (Å²) in [6, 6.07) is 10.5. The topological polar surface area (TPSA) is 46.4 Å². The molecule has 1 aromatic carbocycles. The number of benzene rings is 1. The molecule has 4 rings (SSSR count). The largest absolute Gasteiger partial charge is 0.379 e. The van der Waals surface area contributed by atoms with Gasteiger partial charge in [0.05, 0.1) is 19.8 Å². The van der Waals surface area contributed by atoms with Crippen LogP contribution < -0.4 is 0 Å². The van der Waals surface area contributed by atoms with Gasteiger partial charge >= 0.3 is 0 Å². The Hall–Kier alpha value is -2.02. The van der Waals surface area contributed by atoms with Gasteiger partial charge in [0.2, 0.25) is 0 Å². The number of hydrogen-bond acceptors (Lipinski definition) is 5. The number of morpholine rings is 1. The van der Waals surface area contributed by atoms with Gasteiger partial charge in [-0.25, -0.2) is 0 Å². The van der Waals surface area contributed by atoms with Gasteiger partial charge in [-0.15, -0.1) is 10.2 Å². The van der Waals surface area contributed by atoms with E-state index in [1.807, 2.05) is 0 Å². The van der Waals surface area contributed by atoms with Crippen molar-refractivity contribution in [3.8, 4) is 0 Å². The van der Waals surface area contributed by atoms with Crippen LogP contribution in [0.15, 0.2) is 36.4 Å². The number of piperidine rings is 1. The van der Waals surface area contributed by atoms with Crippen LogP contribution >= 0.6 is 0 Å². The minimum Gasteiger partial charge on any atom is -0.379 e. The predicted octanol–water partition coefficient (Wildman–Crippen LogP) is 2.54. The summed E-state index contributed by atoms with van der Waals surface area (Å²) in [5, 5.41) is 9.05. The van der Waals surface area contributed by atoms with Gasteiger partial charge in [0.25, 0.3) is 0 Å². The number of aromatic nitrogens is 3. The summed E-state index contributed by atoms with van der Waals surface area (Å²) in [5.74, 6) is 2.75. The summed E-state index contributed by atoms with van der Waals surface area (Å²) in [4.78, 5) is 4.93. The minimum absolute atomic E-state index is 0.519. The third-order valence-corrected chi connectivity index (χ3v) is 5.89. The Morgan fingerprint density at radius 1 is 1.00 bits per heavy atom. The zero-order valence-corrected chi connectivity index (χ0v) is 16.8. The van der Waals surface area contributed by atoms with E-state index in [-0.39, 0.29) is 0 Å². The number of hydrogen-bond donors (Lipinski definition) is 0. The molecule has 2 aromatic rings. The highest BCUT2D eigenvalue weighted by atomic mass is 16.5. The smallest absolute Gasteiger partial charge is 0.146 e. The van der Waals surface area contributed by atoms with Crippen LogP contribution in [-0.4, -0.2) is 70.5 Å². The summed E-state index contributed by atoms with van der Waals surface area (Å²) in [7, 11) is 2.13. The first-order chi connectivity index (χ1) is 13.8. The van der Waals surface area contributed by atoms with Crippen LogP contribution in [0.1, 0.15) is 36.0 Å². The molecular weight excluding hydrogens is 350 g/mol. The van der Waals surface area contributed by atoms with Crippen molar-refractivity contribution in [3.63, 3.8) is 0 Å². The Balaban J connectivity index is 1.27. The molecule has 0 radical (unpaired) electrons. The fourth-order valence-electron chi connectivity index (χ4n) is 4.10. The Kier molecular flexibility index (Phi) is 6.52. The third-order valence-electron chi connectivity index (χ3n) is 5.89. The molecule has 28 heavy (non-hydrogen) atoms. The van der Waals surface area contributed by atoms with Gasteiger partial charge in [-0.3, -0.25) is 9.80 Å². The Morgan fingerprint density at radius 2 is 1.75 bits per heavy atom. The van der Waals surface area contributed by atoms with Crippen LogP contribution in [0.25, 0.3) is 6.08 Å². The molecule has 3 heterocycles. The molecule has 0 atom stereocenters. The molecule has 2 saturated heterocycles. The highest BCUT2D eigenvalue weighted by Gasteiger charge is 2.25. The fourth-order valence-corrected chi connectivity index (χ4v) is 4.10. The van der Waals surface area contributed by atoms with Crippen molar-refractivity contribution in [1.82, 2.24) is 24.6 Å². The molecule has 2 fully saturated rings. The highest BCUT2D eigenvalue weighted by Crippen LogP contribution is 2.27. The van der Waals surface area contributed by atoms with Gasteiger partial charge in [0.1, 0.15) is 11.6 Å². The quantitative estimate of drug-likeness (QED) is 0.770. The summed E-state index contributed by atoms with van der Waals surface area (Å²) >= 11 is 0. The van der Waals surface area contributed by atoms with Crippen LogP contribution in [0.5, 0.6) is 0 Å². The van der Waals surface area contributed by atoms with E-state index in [4.69, 9.17) is 4.74 Å². The second-order valence-corrected chi connectivity index (χ2v) is 7.81. The van der Waals surface area contributed by atoms with Crippen molar-refractivity contribution in [1.29, 1.82) is 0 Å². The van der Waals surface area contributed by atoms with E-state index in [0.717, 1.165) is 77.0 Å². The molecule has 0 unspecified atom stereocenters. The van der Waals surface area contributed by atoms with E-state index >= 15 is 0 Å². The van der Waals surface area contributed by atoms with Crippen molar-refractivity contribution < 1.29 is 4.74 Å². The molecule has 0 N–H and O–H groups in total. The lowest BCUT2D eigenvalue weighted by Crippen LogP contribution is -2.36. The van der Waals surface area contributed by atoms with Crippen molar-refractivity contribution in [3.05, 3.63) is 53.6 Å². The second kappa shape index (κ2) is 9.45. The van der Waals surface area contributed by atoms with Gasteiger partial charge in [-0.2, -0.15) is 0 Å². The van der Waals surface area contributed by atoms with Crippen molar-refractivity contribution in [2.45, 2.75) is 25.3 Å². The molecule has 150 valence electrons. The second-order valence-electron chi connectivity index (χ2n) is 7.81. The molecule has 2 aliphatic rings. The summed E-state index contributed by atoms with van der Waals surface area (Å²) in [6.07, 6.45) is 6.80.